The second-order valence-electron chi connectivity index (χ2n) is 4.32. The molecule has 7 heteroatoms. The van der Waals surface area contributed by atoms with Gasteiger partial charge in [0.25, 0.3) is 0 Å². The highest BCUT2D eigenvalue weighted by Gasteiger charge is 2.16. The summed E-state index contributed by atoms with van der Waals surface area (Å²) in [7, 11) is 3.63. The van der Waals surface area contributed by atoms with Gasteiger partial charge in [0.15, 0.2) is 0 Å². The molecule has 0 fully saturated rings. The lowest BCUT2D eigenvalue weighted by molar-refractivity contribution is 0.712. The Balaban J connectivity index is 2.30. The van der Waals surface area contributed by atoms with Crippen molar-refractivity contribution in [3.8, 4) is 0 Å². The standard InChI is InChI=1S/C13H15Cl2N5/c1-8(9-5-4-6-10(14)7-9)20(3)13-18-11(15)17-12(16-2)19-13/h4-8H,1-3H3,(H,16,17,18,19). The highest BCUT2D eigenvalue weighted by molar-refractivity contribution is 6.30. The molecule has 1 atom stereocenters. The van der Waals surface area contributed by atoms with Crippen LogP contribution in [0.5, 0.6) is 0 Å². The second-order valence-corrected chi connectivity index (χ2v) is 5.09. The predicted molar refractivity (Wildman–Crippen MR) is 82.7 cm³/mol. The molecule has 106 valence electrons. The second kappa shape index (κ2) is 6.24. The summed E-state index contributed by atoms with van der Waals surface area (Å²) in [5.74, 6) is 0.937. The normalized spacial score (nSPS) is 12.1. The third-order valence-corrected chi connectivity index (χ3v) is 3.45. The van der Waals surface area contributed by atoms with E-state index in [1.165, 1.54) is 0 Å². The Morgan fingerprint density at radius 1 is 1.20 bits per heavy atom. The molecule has 20 heavy (non-hydrogen) atoms. The highest BCUT2D eigenvalue weighted by atomic mass is 35.5. The Morgan fingerprint density at radius 3 is 2.60 bits per heavy atom. The molecule has 0 radical (unpaired) electrons. The smallest absolute Gasteiger partial charge is 0.231 e. The van der Waals surface area contributed by atoms with Crippen LogP contribution in [0.15, 0.2) is 24.3 Å². The van der Waals surface area contributed by atoms with E-state index in [-0.39, 0.29) is 11.3 Å². The van der Waals surface area contributed by atoms with Crippen LogP contribution in [0.2, 0.25) is 10.3 Å². The van der Waals surface area contributed by atoms with Crippen LogP contribution in [0.3, 0.4) is 0 Å². The van der Waals surface area contributed by atoms with E-state index in [4.69, 9.17) is 23.2 Å². The maximum atomic E-state index is 6.02. The number of hydrogen-bond acceptors (Lipinski definition) is 5. The fraction of sp³-hybridized carbons (Fsp3) is 0.308. The molecule has 0 saturated heterocycles. The summed E-state index contributed by atoms with van der Waals surface area (Å²) >= 11 is 11.9. The quantitative estimate of drug-likeness (QED) is 0.937. The molecule has 0 saturated carbocycles. The maximum absolute atomic E-state index is 6.02. The minimum atomic E-state index is 0.0527. The largest absolute Gasteiger partial charge is 0.357 e. The Morgan fingerprint density at radius 2 is 1.95 bits per heavy atom. The van der Waals surface area contributed by atoms with Crippen LogP contribution < -0.4 is 10.2 Å². The fourth-order valence-electron chi connectivity index (χ4n) is 1.77. The molecular formula is C13H15Cl2N5. The first-order chi connectivity index (χ1) is 9.51. The van der Waals surface area contributed by atoms with Gasteiger partial charge in [0.1, 0.15) is 0 Å². The van der Waals surface area contributed by atoms with Crippen molar-refractivity contribution in [1.29, 1.82) is 0 Å². The number of nitrogens with one attached hydrogen (secondary N) is 1. The minimum absolute atomic E-state index is 0.0527. The Kier molecular flexibility index (Phi) is 4.62. The van der Waals surface area contributed by atoms with E-state index in [2.05, 4.69) is 20.3 Å². The first-order valence-corrected chi connectivity index (χ1v) is 6.84. The summed E-state index contributed by atoms with van der Waals surface area (Å²) in [5.41, 5.74) is 1.07. The third kappa shape index (κ3) is 3.29. The molecule has 1 aromatic carbocycles. The molecule has 2 rings (SSSR count). The van der Waals surface area contributed by atoms with Gasteiger partial charge in [-0.05, 0) is 36.2 Å². The van der Waals surface area contributed by atoms with Gasteiger partial charge in [-0.15, -0.1) is 0 Å². The van der Waals surface area contributed by atoms with Gasteiger partial charge >= 0.3 is 0 Å². The zero-order valence-electron chi connectivity index (χ0n) is 11.4. The molecule has 0 bridgehead atoms. The lowest BCUT2D eigenvalue weighted by Gasteiger charge is -2.25. The number of halogens is 2. The van der Waals surface area contributed by atoms with E-state index >= 15 is 0 Å². The molecule has 1 aromatic heterocycles. The lowest BCUT2D eigenvalue weighted by atomic mass is 10.1. The van der Waals surface area contributed by atoms with Crippen molar-refractivity contribution in [2.45, 2.75) is 13.0 Å². The predicted octanol–water partition coefficient (Wildman–Crippen LogP) is 3.42. The lowest BCUT2D eigenvalue weighted by Crippen LogP contribution is -2.24. The summed E-state index contributed by atoms with van der Waals surface area (Å²) in [6, 6.07) is 7.74. The van der Waals surface area contributed by atoms with Crippen molar-refractivity contribution in [2.24, 2.45) is 0 Å². The molecule has 0 spiro atoms. The number of rotatable bonds is 4. The van der Waals surface area contributed by atoms with E-state index in [9.17, 15) is 0 Å². The molecule has 5 nitrogen and oxygen atoms in total. The van der Waals surface area contributed by atoms with Gasteiger partial charge in [0.05, 0.1) is 6.04 Å². The van der Waals surface area contributed by atoms with Gasteiger partial charge in [-0.25, -0.2) is 0 Å². The highest BCUT2D eigenvalue weighted by Crippen LogP contribution is 2.25. The first-order valence-electron chi connectivity index (χ1n) is 6.09. The number of nitrogens with zero attached hydrogens (tertiary/aromatic N) is 4. The summed E-state index contributed by atoms with van der Waals surface area (Å²) in [5, 5.41) is 3.71. The van der Waals surface area contributed by atoms with Gasteiger partial charge in [-0.2, -0.15) is 15.0 Å². The first kappa shape index (κ1) is 14.8. The third-order valence-electron chi connectivity index (χ3n) is 3.05. The van der Waals surface area contributed by atoms with Crippen LogP contribution >= 0.6 is 23.2 Å². The van der Waals surface area contributed by atoms with E-state index < -0.39 is 0 Å². The Labute approximate surface area is 128 Å². The Hall–Kier alpha value is -1.59. The number of benzene rings is 1. The van der Waals surface area contributed by atoms with Crippen molar-refractivity contribution < 1.29 is 0 Å². The number of anilines is 2. The molecule has 1 heterocycles. The molecular weight excluding hydrogens is 297 g/mol. The van der Waals surface area contributed by atoms with Crippen molar-refractivity contribution in [3.05, 3.63) is 40.1 Å². The van der Waals surface area contributed by atoms with Crippen LogP contribution in [0.25, 0.3) is 0 Å². The van der Waals surface area contributed by atoms with Crippen LogP contribution in [0.4, 0.5) is 11.9 Å². The summed E-state index contributed by atoms with van der Waals surface area (Å²) in [4.78, 5) is 14.3. The van der Waals surface area contributed by atoms with Crippen molar-refractivity contribution in [1.82, 2.24) is 15.0 Å². The SMILES string of the molecule is CNc1nc(Cl)nc(N(C)C(C)c2cccc(Cl)c2)n1. The molecule has 0 aliphatic rings. The zero-order chi connectivity index (χ0) is 14.7. The van der Waals surface area contributed by atoms with E-state index in [1.54, 1.807) is 7.05 Å². The van der Waals surface area contributed by atoms with Gasteiger partial charge in [0, 0.05) is 19.1 Å². The molecule has 0 aliphatic heterocycles. The van der Waals surface area contributed by atoms with Crippen LogP contribution in [0.1, 0.15) is 18.5 Å². The summed E-state index contributed by atoms with van der Waals surface area (Å²) < 4.78 is 0. The number of aromatic nitrogens is 3. The van der Waals surface area contributed by atoms with Gasteiger partial charge in [-0.3, -0.25) is 0 Å². The van der Waals surface area contributed by atoms with E-state index in [0.29, 0.717) is 16.9 Å². The average Bonchev–Trinajstić information content (AvgIpc) is 2.45. The van der Waals surface area contributed by atoms with Crippen LogP contribution in [-0.2, 0) is 0 Å². The summed E-state index contributed by atoms with van der Waals surface area (Å²) in [6.07, 6.45) is 0. The molecule has 1 unspecified atom stereocenters. The van der Waals surface area contributed by atoms with Crippen LogP contribution in [-0.4, -0.2) is 29.0 Å². The average molecular weight is 312 g/mol. The Bertz CT molecular complexity index is 605. The summed E-state index contributed by atoms with van der Waals surface area (Å²) in [6.45, 7) is 2.04. The van der Waals surface area contributed by atoms with Gasteiger partial charge < -0.3 is 10.2 Å². The van der Waals surface area contributed by atoms with Crippen molar-refractivity contribution in [2.75, 3.05) is 24.3 Å². The molecule has 0 aliphatic carbocycles. The molecule has 0 amide bonds. The zero-order valence-corrected chi connectivity index (χ0v) is 12.9. The van der Waals surface area contributed by atoms with Gasteiger partial charge in [-0.1, -0.05) is 23.7 Å². The van der Waals surface area contributed by atoms with E-state index in [1.807, 2.05) is 43.1 Å². The van der Waals surface area contributed by atoms with Gasteiger partial charge in [0.2, 0.25) is 17.2 Å². The molecule has 1 N–H and O–H groups in total. The maximum Gasteiger partial charge on any atom is 0.231 e. The molecule has 2 aromatic rings. The fourth-order valence-corrected chi connectivity index (χ4v) is 2.13. The van der Waals surface area contributed by atoms with Crippen LogP contribution in [0, 0.1) is 0 Å². The number of hydrogen-bond donors (Lipinski definition) is 1. The van der Waals surface area contributed by atoms with Crippen molar-refractivity contribution >= 4 is 35.1 Å². The minimum Gasteiger partial charge on any atom is -0.357 e. The van der Waals surface area contributed by atoms with Crippen molar-refractivity contribution in [3.63, 3.8) is 0 Å². The van der Waals surface area contributed by atoms with E-state index in [0.717, 1.165) is 5.56 Å². The topological polar surface area (TPSA) is 53.9 Å². The monoisotopic (exact) mass is 311 g/mol.